The molecule has 0 aliphatic rings. The van der Waals surface area contributed by atoms with Gasteiger partial charge in [-0.15, -0.1) is 0 Å². The Hall–Kier alpha value is -2.83. The largest absolute Gasteiger partial charge is 0.441 e. The number of guanidine groups is 2. The summed E-state index contributed by atoms with van der Waals surface area (Å²) in [4.78, 5) is 12.2. The lowest BCUT2D eigenvalue weighted by Crippen LogP contribution is -2.26. The summed E-state index contributed by atoms with van der Waals surface area (Å²) in [7, 11) is 0. The smallest absolute Gasteiger partial charge is 0.226 e. The van der Waals surface area contributed by atoms with Crippen molar-refractivity contribution in [3.63, 3.8) is 0 Å². The molecule has 0 saturated heterocycles. The van der Waals surface area contributed by atoms with Gasteiger partial charge in [0, 0.05) is 5.56 Å². The van der Waals surface area contributed by atoms with Crippen LogP contribution in [0.5, 0.6) is 0 Å². The first-order valence-electron chi connectivity index (χ1n) is 6.50. The van der Waals surface area contributed by atoms with Crippen LogP contribution < -0.4 is 17.2 Å². The topological polar surface area (TPSA) is 129 Å². The van der Waals surface area contributed by atoms with Crippen molar-refractivity contribution in [2.45, 2.75) is 20.3 Å². The summed E-state index contributed by atoms with van der Waals surface area (Å²) in [6.45, 7) is 3.93. The van der Waals surface area contributed by atoms with E-state index in [0.717, 1.165) is 23.4 Å². The molecule has 6 N–H and O–H groups in total. The summed E-state index contributed by atoms with van der Waals surface area (Å²) >= 11 is 0. The standard InChI is InChI=1S/C14H18N6O/c1-3-11-8(2)21-12(19-11)9-5-4-6-10(7-9)18-14(17)20-13(15)16/h4-7H,3H2,1-2H3,(H6,15,16,17,18,20). The highest BCUT2D eigenvalue weighted by Gasteiger charge is 2.10. The quantitative estimate of drug-likeness (QED) is 0.580. The SMILES string of the molecule is CCc1nc(-c2cccc(N=C(N)N=C(N)N)c2)oc1C. The van der Waals surface area contributed by atoms with Gasteiger partial charge in [-0.2, -0.15) is 4.99 Å². The van der Waals surface area contributed by atoms with Crippen molar-refractivity contribution in [3.8, 4) is 11.5 Å². The molecule has 0 saturated carbocycles. The van der Waals surface area contributed by atoms with Crippen molar-refractivity contribution >= 4 is 17.6 Å². The monoisotopic (exact) mass is 286 g/mol. The van der Waals surface area contributed by atoms with Crippen molar-refractivity contribution in [2.75, 3.05) is 0 Å². The predicted octanol–water partition coefficient (Wildman–Crippen LogP) is 1.43. The van der Waals surface area contributed by atoms with Crippen LogP contribution in [0.25, 0.3) is 11.5 Å². The van der Waals surface area contributed by atoms with Gasteiger partial charge in [0.2, 0.25) is 11.9 Å². The van der Waals surface area contributed by atoms with Gasteiger partial charge >= 0.3 is 0 Å². The van der Waals surface area contributed by atoms with E-state index in [4.69, 9.17) is 21.6 Å². The number of rotatable bonds is 3. The molecule has 0 fully saturated rings. The molecule has 110 valence electrons. The molecule has 0 aliphatic heterocycles. The number of nitrogens with two attached hydrogens (primary N) is 3. The molecule has 2 aromatic rings. The Kier molecular flexibility index (Phi) is 4.22. The van der Waals surface area contributed by atoms with Gasteiger partial charge in [-0.3, -0.25) is 0 Å². The molecule has 1 heterocycles. The van der Waals surface area contributed by atoms with Gasteiger partial charge in [0.1, 0.15) is 5.76 Å². The Bertz CT molecular complexity index is 697. The van der Waals surface area contributed by atoms with E-state index < -0.39 is 0 Å². The average Bonchev–Trinajstić information content (AvgIpc) is 2.79. The lowest BCUT2D eigenvalue weighted by molar-refractivity contribution is 0.539. The third-order valence-electron chi connectivity index (χ3n) is 2.81. The van der Waals surface area contributed by atoms with Gasteiger partial charge in [-0.05, 0) is 31.5 Å². The summed E-state index contributed by atoms with van der Waals surface area (Å²) in [6, 6.07) is 7.32. The second kappa shape index (κ2) is 6.08. The van der Waals surface area contributed by atoms with Crippen LogP contribution in [0, 0.1) is 6.92 Å². The molecule has 21 heavy (non-hydrogen) atoms. The van der Waals surface area contributed by atoms with Crippen LogP contribution in [0.1, 0.15) is 18.4 Å². The second-order valence-corrected chi connectivity index (χ2v) is 4.43. The molecule has 0 bridgehead atoms. The van der Waals surface area contributed by atoms with E-state index in [9.17, 15) is 0 Å². The molecule has 0 radical (unpaired) electrons. The van der Waals surface area contributed by atoms with Crippen LogP contribution >= 0.6 is 0 Å². The van der Waals surface area contributed by atoms with E-state index >= 15 is 0 Å². The minimum atomic E-state index is -0.136. The Balaban J connectivity index is 2.35. The Morgan fingerprint density at radius 2 is 2.05 bits per heavy atom. The minimum absolute atomic E-state index is 0.00928. The number of nitrogens with zero attached hydrogens (tertiary/aromatic N) is 3. The van der Waals surface area contributed by atoms with Crippen LogP contribution in [0.15, 0.2) is 38.7 Å². The van der Waals surface area contributed by atoms with E-state index in [0.29, 0.717) is 11.6 Å². The van der Waals surface area contributed by atoms with E-state index in [2.05, 4.69) is 15.0 Å². The van der Waals surface area contributed by atoms with Gasteiger partial charge in [0.15, 0.2) is 5.96 Å². The Morgan fingerprint density at radius 1 is 1.29 bits per heavy atom. The molecule has 7 heteroatoms. The molecular weight excluding hydrogens is 268 g/mol. The fraction of sp³-hybridized carbons (Fsp3) is 0.214. The number of oxazole rings is 1. The molecule has 7 nitrogen and oxygen atoms in total. The summed E-state index contributed by atoms with van der Waals surface area (Å²) in [6.07, 6.45) is 0.824. The molecule has 0 aliphatic carbocycles. The maximum Gasteiger partial charge on any atom is 0.226 e. The normalized spacial score (nSPS) is 11.4. The van der Waals surface area contributed by atoms with E-state index in [1.54, 1.807) is 12.1 Å². The molecule has 2 rings (SSSR count). The minimum Gasteiger partial charge on any atom is -0.441 e. The maximum atomic E-state index is 5.66. The highest BCUT2D eigenvalue weighted by Crippen LogP contribution is 2.25. The van der Waals surface area contributed by atoms with Gasteiger partial charge < -0.3 is 21.6 Å². The van der Waals surface area contributed by atoms with Crippen LogP contribution in [-0.4, -0.2) is 16.9 Å². The highest BCUT2D eigenvalue weighted by molar-refractivity contribution is 5.93. The van der Waals surface area contributed by atoms with Crippen LogP contribution in [-0.2, 0) is 6.42 Å². The molecule has 0 amide bonds. The van der Waals surface area contributed by atoms with Gasteiger partial charge in [-0.1, -0.05) is 13.0 Å². The summed E-state index contributed by atoms with van der Waals surface area (Å²) < 4.78 is 5.66. The summed E-state index contributed by atoms with van der Waals surface area (Å²) in [5, 5.41) is 0. The zero-order chi connectivity index (χ0) is 15.4. The molecule has 1 aromatic heterocycles. The van der Waals surface area contributed by atoms with E-state index in [1.165, 1.54) is 0 Å². The van der Waals surface area contributed by atoms with Crippen LogP contribution in [0.3, 0.4) is 0 Å². The maximum absolute atomic E-state index is 5.66. The van der Waals surface area contributed by atoms with Gasteiger partial charge in [-0.25, -0.2) is 9.98 Å². The molecule has 0 atom stereocenters. The molecule has 0 spiro atoms. The first kappa shape index (κ1) is 14.6. The zero-order valence-electron chi connectivity index (χ0n) is 12.0. The highest BCUT2D eigenvalue weighted by atomic mass is 16.4. The average molecular weight is 286 g/mol. The number of hydrogen-bond donors (Lipinski definition) is 3. The van der Waals surface area contributed by atoms with Crippen molar-refractivity contribution in [1.29, 1.82) is 0 Å². The predicted molar refractivity (Wildman–Crippen MR) is 83.1 cm³/mol. The third kappa shape index (κ3) is 3.59. The number of aliphatic imine (C=N–C) groups is 2. The zero-order valence-corrected chi connectivity index (χ0v) is 12.0. The second-order valence-electron chi connectivity index (χ2n) is 4.43. The lowest BCUT2D eigenvalue weighted by Gasteiger charge is -1.99. The van der Waals surface area contributed by atoms with Crippen molar-refractivity contribution in [2.24, 2.45) is 27.2 Å². The van der Waals surface area contributed by atoms with E-state index in [-0.39, 0.29) is 11.9 Å². The number of benzene rings is 1. The third-order valence-corrected chi connectivity index (χ3v) is 2.81. The van der Waals surface area contributed by atoms with Crippen molar-refractivity contribution in [3.05, 3.63) is 35.7 Å². The van der Waals surface area contributed by atoms with E-state index in [1.807, 2.05) is 26.0 Å². The number of aromatic nitrogens is 1. The summed E-state index contributed by atoms with van der Waals surface area (Å²) in [5.74, 6) is 1.23. The van der Waals surface area contributed by atoms with Crippen LogP contribution in [0.2, 0.25) is 0 Å². The Labute approximate surface area is 122 Å². The van der Waals surface area contributed by atoms with Crippen molar-refractivity contribution < 1.29 is 4.42 Å². The molecule has 0 unspecified atom stereocenters. The summed E-state index contributed by atoms with van der Waals surface area (Å²) in [5.41, 5.74) is 18.5. The first-order valence-corrected chi connectivity index (χ1v) is 6.50. The lowest BCUT2D eigenvalue weighted by atomic mass is 10.2. The van der Waals surface area contributed by atoms with Crippen molar-refractivity contribution in [1.82, 2.24) is 4.98 Å². The van der Waals surface area contributed by atoms with Crippen LogP contribution in [0.4, 0.5) is 5.69 Å². The van der Waals surface area contributed by atoms with Gasteiger partial charge in [0.05, 0.1) is 11.4 Å². The van der Waals surface area contributed by atoms with Gasteiger partial charge in [0.25, 0.3) is 0 Å². The number of hydrogen-bond acceptors (Lipinski definition) is 3. The molecular formula is C14H18N6O. The fourth-order valence-electron chi connectivity index (χ4n) is 1.88. The number of aryl methyl sites for hydroxylation is 2. The Morgan fingerprint density at radius 3 is 2.67 bits per heavy atom. The molecule has 1 aromatic carbocycles. The fourth-order valence-corrected chi connectivity index (χ4v) is 1.88. The first-order chi connectivity index (χ1) is 9.99.